The fourth-order valence-electron chi connectivity index (χ4n) is 3.50. The maximum Gasteiger partial charge on any atom is 0.236 e. The van der Waals surface area contributed by atoms with Gasteiger partial charge in [-0.1, -0.05) is 6.07 Å². The van der Waals surface area contributed by atoms with Crippen LogP contribution in [-0.2, 0) is 4.79 Å². The van der Waals surface area contributed by atoms with Gasteiger partial charge in [-0.3, -0.25) is 14.6 Å². The number of aliphatic hydroxyl groups excluding tert-OH is 1. The van der Waals surface area contributed by atoms with E-state index in [1.54, 1.807) is 11.3 Å². The molecule has 2 fully saturated rings. The zero-order valence-corrected chi connectivity index (χ0v) is 14.6. The third kappa shape index (κ3) is 3.95. The Balaban J connectivity index is 1.48. The molecule has 130 valence electrons. The molecule has 1 aromatic heterocycles. The monoisotopic (exact) mass is 348 g/mol. The van der Waals surface area contributed by atoms with E-state index >= 15 is 0 Å². The van der Waals surface area contributed by atoms with Crippen molar-refractivity contribution in [3.05, 3.63) is 22.4 Å². The minimum atomic E-state index is -0.203. The molecule has 0 bridgehead atoms. The van der Waals surface area contributed by atoms with Crippen molar-refractivity contribution in [1.82, 2.24) is 14.7 Å². The van der Waals surface area contributed by atoms with Gasteiger partial charge in [0.05, 0.1) is 12.6 Å². The highest BCUT2D eigenvalue weighted by molar-refractivity contribution is 7.10. The number of carbonyl (C=O) groups excluding carboxylic acids is 1. The molecule has 0 unspecified atom stereocenters. The van der Waals surface area contributed by atoms with Crippen LogP contribution in [0.1, 0.15) is 17.3 Å². The Hall–Kier alpha value is -1.46. The molecule has 7 heteroatoms. The first kappa shape index (κ1) is 17.4. The van der Waals surface area contributed by atoms with Crippen molar-refractivity contribution in [3.63, 3.8) is 0 Å². The van der Waals surface area contributed by atoms with Crippen LogP contribution in [0, 0.1) is 17.2 Å². The summed E-state index contributed by atoms with van der Waals surface area (Å²) in [4.78, 5) is 19.7. The number of rotatable bonds is 5. The minimum Gasteiger partial charge on any atom is -0.396 e. The number of aliphatic hydroxyl groups is 1. The molecule has 3 heterocycles. The van der Waals surface area contributed by atoms with Crippen LogP contribution in [0.3, 0.4) is 0 Å². The summed E-state index contributed by atoms with van der Waals surface area (Å²) in [6, 6.07) is 6.16. The summed E-state index contributed by atoms with van der Waals surface area (Å²) < 4.78 is 0. The van der Waals surface area contributed by atoms with Gasteiger partial charge in [0, 0.05) is 44.2 Å². The van der Waals surface area contributed by atoms with E-state index in [4.69, 9.17) is 0 Å². The minimum absolute atomic E-state index is 0.165. The third-order valence-electron chi connectivity index (χ3n) is 4.95. The molecule has 24 heavy (non-hydrogen) atoms. The summed E-state index contributed by atoms with van der Waals surface area (Å²) in [6.07, 6.45) is 0.974. The van der Waals surface area contributed by atoms with Crippen LogP contribution in [0.4, 0.5) is 0 Å². The van der Waals surface area contributed by atoms with Crippen LogP contribution in [-0.4, -0.2) is 78.1 Å². The van der Waals surface area contributed by atoms with E-state index < -0.39 is 0 Å². The number of nitriles is 1. The van der Waals surface area contributed by atoms with E-state index in [0.717, 1.165) is 37.5 Å². The number of thiophene rings is 1. The summed E-state index contributed by atoms with van der Waals surface area (Å²) in [5.74, 6) is 0.481. The van der Waals surface area contributed by atoms with Gasteiger partial charge in [0.15, 0.2) is 0 Å². The Bertz CT molecular complexity index is 578. The fourth-order valence-corrected chi connectivity index (χ4v) is 4.30. The van der Waals surface area contributed by atoms with Gasteiger partial charge < -0.3 is 10.0 Å². The molecule has 3 rings (SSSR count). The third-order valence-corrected chi connectivity index (χ3v) is 5.88. The molecule has 0 spiro atoms. The van der Waals surface area contributed by atoms with Crippen molar-refractivity contribution in [2.24, 2.45) is 5.92 Å². The molecule has 2 aliphatic rings. The Kier molecular flexibility index (Phi) is 5.85. The lowest BCUT2D eigenvalue weighted by Gasteiger charge is -2.37. The molecule has 0 radical (unpaired) electrons. The Morgan fingerprint density at radius 1 is 1.38 bits per heavy atom. The Morgan fingerprint density at radius 3 is 2.75 bits per heavy atom. The summed E-state index contributed by atoms with van der Waals surface area (Å²) >= 11 is 1.61. The summed E-state index contributed by atoms with van der Waals surface area (Å²) in [7, 11) is 0. The first-order valence-electron chi connectivity index (χ1n) is 8.49. The molecule has 1 amide bonds. The number of nitrogens with zero attached hydrogens (tertiary/aromatic N) is 4. The van der Waals surface area contributed by atoms with Crippen molar-refractivity contribution in [2.75, 3.05) is 52.4 Å². The van der Waals surface area contributed by atoms with Crippen LogP contribution in [0.5, 0.6) is 0 Å². The average Bonchev–Trinajstić information content (AvgIpc) is 3.28. The lowest BCUT2D eigenvalue weighted by Crippen LogP contribution is -2.51. The first-order valence-corrected chi connectivity index (χ1v) is 9.37. The van der Waals surface area contributed by atoms with E-state index in [-0.39, 0.29) is 18.6 Å². The molecule has 2 atom stereocenters. The van der Waals surface area contributed by atoms with Gasteiger partial charge in [-0.05, 0) is 30.3 Å². The number of hydrogen-bond donors (Lipinski definition) is 1. The smallest absolute Gasteiger partial charge is 0.236 e. The molecule has 0 aliphatic carbocycles. The molecule has 0 saturated carbocycles. The van der Waals surface area contributed by atoms with E-state index in [1.807, 2.05) is 22.4 Å². The van der Waals surface area contributed by atoms with Gasteiger partial charge in [0.1, 0.15) is 6.04 Å². The van der Waals surface area contributed by atoms with Crippen molar-refractivity contribution in [2.45, 2.75) is 12.5 Å². The predicted octanol–water partition coefficient (Wildman–Crippen LogP) is 0.771. The maximum atomic E-state index is 12.5. The number of carbonyl (C=O) groups is 1. The quantitative estimate of drug-likeness (QED) is 0.851. The molecule has 1 aromatic rings. The number of amides is 1. The maximum absolute atomic E-state index is 12.5. The van der Waals surface area contributed by atoms with Gasteiger partial charge in [0.25, 0.3) is 0 Å². The first-order chi connectivity index (χ1) is 11.7. The van der Waals surface area contributed by atoms with Gasteiger partial charge in [-0.2, -0.15) is 5.26 Å². The van der Waals surface area contributed by atoms with Crippen molar-refractivity contribution in [1.29, 1.82) is 5.26 Å². The fraction of sp³-hybridized carbons (Fsp3) is 0.647. The van der Waals surface area contributed by atoms with Gasteiger partial charge in [-0.25, -0.2) is 0 Å². The molecular weight excluding hydrogens is 324 g/mol. The average molecular weight is 348 g/mol. The van der Waals surface area contributed by atoms with E-state index in [1.165, 1.54) is 0 Å². The largest absolute Gasteiger partial charge is 0.396 e. The molecule has 1 N–H and O–H groups in total. The van der Waals surface area contributed by atoms with Crippen LogP contribution in [0.15, 0.2) is 17.5 Å². The Labute approximate surface area is 146 Å². The zero-order valence-electron chi connectivity index (χ0n) is 13.8. The zero-order chi connectivity index (χ0) is 16.9. The Morgan fingerprint density at radius 2 is 2.17 bits per heavy atom. The predicted molar refractivity (Wildman–Crippen MR) is 92.5 cm³/mol. The van der Waals surface area contributed by atoms with Crippen LogP contribution in [0.25, 0.3) is 0 Å². The second-order valence-corrected chi connectivity index (χ2v) is 7.52. The number of likely N-dealkylation sites (tertiary alicyclic amines) is 1. The highest BCUT2D eigenvalue weighted by Gasteiger charge is 2.29. The highest BCUT2D eigenvalue weighted by atomic mass is 32.1. The lowest BCUT2D eigenvalue weighted by molar-refractivity contribution is -0.134. The van der Waals surface area contributed by atoms with E-state index in [0.29, 0.717) is 25.6 Å². The van der Waals surface area contributed by atoms with Gasteiger partial charge in [0.2, 0.25) is 5.91 Å². The summed E-state index contributed by atoms with van der Waals surface area (Å²) in [5, 5.41) is 20.7. The standard InChI is InChI=1S/C17H24N4O2S/c18-10-15(16-2-1-9-24-16)20-5-7-21(8-6-20)17(23)12-19-4-3-14(11-19)13-22/h1-2,9,14-15,22H,3-8,11-13H2/t14-,15+/m1/s1. The number of piperazine rings is 1. The van der Waals surface area contributed by atoms with Crippen LogP contribution < -0.4 is 0 Å². The molecular formula is C17H24N4O2S. The molecule has 2 saturated heterocycles. The summed E-state index contributed by atoms with van der Waals surface area (Å²) in [5.41, 5.74) is 0. The van der Waals surface area contributed by atoms with E-state index in [9.17, 15) is 15.2 Å². The topological polar surface area (TPSA) is 70.8 Å². The second-order valence-electron chi connectivity index (χ2n) is 6.54. The van der Waals surface area contributed by atoms with Crippen LogP contribution >= 0.6 is 11.3 Å². The van der Waals surface area contributed by atoms with Crippen molar-refractivity contribution < 1.29 is 9.90 Å². The van der Waals surface area contributed by atoms with Gasteiger partial charge in [-0.15, -0.1) is 11.3 Å². The molecule has 0 aromatic carbocycles. The molecule has 2 aliphatic heterocycles. The van der Waals surface area contributed by atoms with E-state index in [2.05, 4.69) is 15.9 Å². The van der Waals surface area contributed by atoms with Crippen LogP contribution in [0.2, 0.25) is 0 Å². The second kappa shape index (κ2) is 8.08. The molecule has 6 nitrogen and oxygen atoms in total. The normalized spacial score (nSPS) is 24.0. The van der Waals surface area contributed by atoms with Crippen molar-refractivity contribution >= 4 is 17.2 Å². The highest BCUT2D eigenvalue weighted by Crippen LogP contribution is 2.25. The van der Waals surface area contributed by atoms with Crippen molar-refractivity contribution in [3.8, 4) is 6.07 Å². The van der Waals surface area contributed by atoms with Gasteiger partial charge >= 0.3 is 0 Å². The summed E-state index contributed by atoms with van der Waals surface area (Å²) in [6.45, 7) is 5.20. The lowest BCUT2D eigenvalue weighted by atomic mass is 10.1. The number of hydrogen-bond acceptors (Lipinski definition) is 6. The SMILES string of the molecule is N#C[C@@H](c1cccs1)N1CCN(C(=O)CN2CC[C@@H](CO)C2)CC1.